The molecule has 6 heteroatoms. The molecular formula is C14H21FN2O2S. The molecule has 20 heavy (non-hydrogen) atoms. The van der Waals surface area contributed by atoms with Crippen LogP contribution < -0.4 is 5.73 Å². The van der Waals surface area contributed by atoms with Crippen LogP contribution in [0.2, 0.25) is 0 Å². The molecule has 0 radical (unpaired) electrons. The van der Waals surface area contributed by atoms with Crippen LogP contribution in [-0.2, 0) is 10.0 Å². The Morgan fingerprint density at radius 3 is 2.70 bits per heavy atom. The van der Waals surface area contributed by atoms with Crippen LogP contribution in [0, 0.1) is 12.7 Å². The molecule has 2 atom stereocenters. The Morgan fingerprint density at radius 1 is 1.40 bits per heavy atom. The van der Waals surface area contributed by atoms with Crippen molar-refractivity contribution in [3.8, 4) is 0 Å². The Morgan fingerprint density at radius 2 is 2.10 bits per heavy atom. The van der Waals surface area contributed by atoms with E-state index in [1.807, 2.05) is 6.92 Å². The smallest absolute Gasteiger partial charge is 0.243 e. The summed E-state index contributed by atoms with van der Waals surface area (Å²) in [4.78, 5) is 0.00722. The molecule has 1 aliphatic heterocycles. The highest BCUT2D eigenvalue weighted by atomic mass is 32.2. The number of halogens is 1. The van der Waals surface area contributed by atoms with E-state index in [-0.39, 0.29) is 23.5 Å². The van der Waals surface area contributed by atoms with Crippen molar-refractivity contribution in [3.63, 3.8) is 0 Å². The van der Waals surface area contributed by atoms with Gasteiger partial charge in [0, 0.05) is 18.6 Å². The third kappa shape index (κ3) is 2.73. The Labute approximate surface area is 119 Å². The Balaban J connectivity index is 2.44. The maximum Gasteiger partial charge on any atom is 0.243 e. The summed E-state index contributed by atoms with van der Waals surface area (Å²) >= 11 is 0. The van der Waals surface area contributed by atoms with Gasteiger partial charge >= 0.3 is 0 Å². The molecule has 0 amide bonds. The third-order valence-electron chi connectivity index (χ3n) is 3.94. The van der Waals surface area contributed by atoms with Crippen molar-refractivity contribution < 1.29 is 12.8 Å². The summed E-state index contributed by atoms with van der Waals surface area (Å²) in [5.74, 6) is -0.500. The lowest BCUT2D eigenvalue weighted by Gasteiger charge is -2.39. The first kappa shape index (κ1) is 15.4. The van der Waals surface area contributed by atoms with Crippen LogP contribution in [0.25, 0.3) is 0 Å². The van der Waals surface area contributed by atoms with E-state index in [0.29, 0.717) is 5.56 Å². The van der Waals surface area contributed by atoms with Crippen LogP contribution in [0.3, 0.4) is 0 Å². The molecule has 112 valence electrons. The van der Waals surface area contributed by atoms with Crippen LogP contribution in [0.5, 0.6) is 0 Å². The number of nitrogens with two attached hydrogens (primary N) is 1. The lowest BCUT2D eigenvalue weighted by atomic mass is 10.00. The van der Waals surface area contributed by atoms with Gasteiger partial charge in [0.15, 0.2) is 0 Å². The van der Waals surface area contributed by atoms with Gasteiger partial charge in [0.1, 0.15) is 5.82 Å². The minimum Gasteiger partial charge on any atom is -0.329 e. The molecular weight excluding hydrogens is 279 g/mol. The summed E-state index contributed by atoms with van der Waals surface area (Å²) in [5.41, 5.74) is 6.14. The van der Waals surface area contributed by atoms with Crippen molar-refractivity contribution in [1.29, 1.82) is 0 Å². The summed E-state index contributed by atoms with van der Waals surface area (Å²) in [6.45, 7) is 3.78. The monoisotopic (exact) mass is 300 g/mol. The van der Waals surface area contributed by atoms with Gasteiger partial charge in [0.25, 0.3) is 0 Å². The van der Waals surface area contributed by atoms with Crippen LogP contribution in [-0.4, -0.2) is 31.4 Å². The summed E-state index contributed by atoms with van der Waals surface area (Å²) in [6.07, 6.45) is 2.54. The van der Waals surface area contributed by atoms with Crippen molar-refractivity contribution in [2.45, 2.75) is 50.1 Å². The number of hydrogen-bond donors (Lipinski definition) is 1. The van der Waals surface area contributed by atoms with E-state index >= 15 is 0 Å². The SMILES string of the molecule is Cc1ccc(S(=O)(=O)N2C(C)CCCC2CN)cc1F. The number of rotatable bonds is 3. The number of piperidine rings is 1. The molecule has 0 saturated carbocycles. The van der Waals surface area contributed by atoms with Gasteiger partial charge in [-0.05, 0) is 44.4 Å². The second-order valence-corrected chi connectivity index (χ2v) is 7.26. The fourth-order valence-corrected chi connectivity index (χ4v) is 4.67. The van der Waals surface area contributed by atoms with Crippen molar-refractivity contribution in [2.75, 3.05) is 6.54 Å². The van der Waals surface area contributed by atoms with Gasteiger partial charge in [0.2, 0.25) is 10.0 Å². The first-order valence-corrected chi connectivity index (χ1v) is 8.31. The van der Waals surface area contributed by atoms with Gasteiger partial charge in [0.05, 0.1) is 4.90 Å². The molecule has 4 nitrogen and oxygen atoms in total. The highest BCUT2D eigenvalue weighted by Crippen LogP contribution is 2.29. The fourth-order valence-electron chi connectivity index (χ4n) is 2.77. The standard InChI is InChI=1S/C14H21FN2O2S/c1-10-6-7-13(8-14(10)15)20(18,19)17-11(2)4-3-5-12(17)9-16/h6-8,11-12H,3-5,9,16H2,1-2H3. The molecule has 1 fully saturated rings. The molecule has 2 rings (SSSR count). The maximum absolute atomic E-state index is 13.6. The summed E-state index contributed by atoms with van der Waals surface area (Å²) < 4.78 is 40.6. The molecule has 0 aliphatic carbocycles. The van der Waals surface area contributed by atoms with Crippen molar-refractivity contribution in [2.24, 2.45) is 5.73 Å². The third-order valence-corrected chi connectivity index (χ3v) is 6.01. The zero-order valence-corrected chi connectivity index (χ0v) is 12.7. The quantitative estimate of drug-likeness (QED) is 0.929. The summed E-state index contributed by atoms with van der Waals surface area (Å²) in [7, 11) is -3.70. The lowest BCUT2D eigenvalue weighted by Crippen LogP contribution is -2.51. The highest BCUT2D eigenvalue weighted by molar-refractivity contribution is 7.89. The molecule has 0 bridgehead atoms. The average Bonchev–Trinajstić information content (AvgIpc) is 2.41. The Hall–Kier alpha value is -0.980. The van der Waals surface area contributed by atoms with Crippen LogP contribution >= 0.6 is 0 Å². The van der Waals surface area contributed by atoms with Crippen molar-refractivity contribution in [3.05, 3.63) is 29.6 Å². The van der Waals surface area contributed by atoms with Crippen molar-refractivity contribution >= 4 is 10.0 Å². The van der Waals surface area contributed by atoms with Gasteiger partial charge in [-0.1, -0.05) is 12.5 Å². The average molecular weight is 300 g/mol. The molecule has 1 aromatic rings. The number of hydrogen-bond acceptors (Lipinski definition) is 3. The summed E-state index contributed by atoms with van der Waals surface area (Å²) in [6, 6.07) is 3.75. The molecule has 1 saturated heterocycles. The fraction of sp³-hybridized carbons (Fsp3) is 0.571. The minimum atomic E-state index is -3.70. The molecule has 1 aromatic carbocycles. The lowest BCUT2D eigenvalue weighted by molar-refractivity contribution is 0.196. The first-order chi connectivity index (χ1) is 9.37. The number of nitrogens with zero attached hydrogens (tertiary/aromatic N) is 1. The molecule has 0 spiro atoms. The summed E-state index contributed by atoms with van der Waals surface area (Å²) in [5, 5.41) is 0. The normalized spacial score (nSPS) is 24.8. The maximum atomic E-state index is 13.6. The van der Waals surface area contributed by atoms with E-state index < -0.39 is 15.8 Å². The van der Waals surface area contributed by atoms with Gasteiger partial charge in [-0.25, -0.2) is 12.8 Å². The zero-order valence-electron chi connectivity index (χ0n) is 11.8. The number of aryl methyl sites for hydroxylation is 1. The van der Waals surface area contributed by atoms with E-state index in [1.165, 1.54) is 16.4 Å². The number of sulfonamides is 1. The van der Waals surface area contributed by atoms with Gasteiger partial charge < -0.3 is 5.73 Å². The van der Waals surface area contributed by atoms with Crippen LogP contribution in [0.4, 0.5) is 4.39 Å². The molecule has 2 N–H and O–H groups in total. The van der Waals surface area contributed by atoms with E-state index in [0.717, 1.165) is 25.3 Å². The number of benzene rings is 1. The second-order valence-electron chi connectivity index (χ2n) is 5.42. The molecule has 2 unspecified atom stereocenters. The predicted octanol–water partition coefficient (Wildman–Crippen LogP) is 2.02. The van der Waals surface area contributed by atoms with Crippen LogP contribution in [0.15, 0.2) is 23.1 Å². The topological polar surface area (TPSA) is 63.4 Å². The predicted molar refractivity (Wildman–Crippen MR) is 76.3 cm³/mol. The van der Waals surface area contributed by atoms with Gasteiger partial charge in [-0.15, -0.1) is 0 Å². The Bertz CT molecular complexity index is 589. The van der Waals surface area contributed by atoms with E-state index in [1.54, 1.807) is 6.92 Å². The first-order valence-electron chi connectivity index (χ1n) is 6.87. The largest absolute Gasteiger partial charge is 0.329 e. The van der Waals surface area contributed by atoms with Crippen molar-refractivity contribution in [1.82, 2.24) is 4.31 Å². The van der Waals surface area contributed by atoms with Gasteiger partial charge in [-0.2, -0.15) is 4.31 Å². The van der Waals surface area contributed by atoms with E-state index in [2.05, 4.69) is 0 Å². The molecule has 0 aromatic heterocycles. The van der Waals surface area contributed by atoms with Gasteiger partial charge in [-0.3, -0.25) is 0 Å². The van der Waals surface area contributed by atoms with E-state index in [4.69, 9.17) is 5.73 Å². The van der Waals surface area contributed by atoms with Crippen LogP contribution in [0.1, 0.15) is 31.7 Å². The molecule has 1 heterocycles. The molecule has 1 aliphatic rings. The minimum absolute atomic E-state index is 0.00722. The van der Waals surface area contributed by atoms with E-state index in [9.17, 15) is 12.8 Å². The highest BCUT2D eigenvalue weighted by Gasteiger charge is 2.37. The zero-order chi connectivity index (χ0) is 14.9. The Kier molecular flexibility index (Phi) is 4.46. The second kappa shape index (κ2) is 5.79.